The van der Waals surface area contributed by atoms with Crippen LogP contribution in [0, 0.1) is 0 Å². The zero-order chi connectivity index (χ0) is 7.28. The number of nitrogens with zero attached hydrogens (tertiary/aromatic N) is 1. The number of rotatable bonds is 4. The molecule has 0 bridgehead atoms. The smallest absolute Gasteiger partial charge is 0.107 e. The van der Waals surface area contributed by atoms with Gasteiger partial charge in [0.25, 0.3) is 0 Å². The van der Waals surface area contributed by atoms with Crippen molar-refractivity contribution in [2.24, 2.45) is 0 Å². The fraction of sp³-hybridized carbons (Fsp3) is 1.00. The highest BCUT2D eigenvalue weighted by molar-refractivity contribution is 4.47. The van der Waals surface area contributed by atoms with Crippen molar-refractivity contribution < 1.29 is 4.74 Å². The molecule has 0 amide bonds. The molecule has 0 aliphatic rings. The summed E-state index contributed by atoms with van der Waals surface area (Å²) in [5, 5.41) is 0. The van der Waals surface area contributed by atoms with Gasteiger partial charge in [-0.3, -0.25) is 4.90 Å². The molecule has 2 nitrogen and oxygen atoms in total. The van der Waals surface area contributed by atoms with Crippen LogP contribution in [-0.4, -0.2) is 31.3 Å². The number of hydrogen-bond acceptors (Lipinski definition) is 2. The van der Waals surface area contributed by atoms with E-state index in [1.165, 1.54) is 0 Å². The van der Waals surface area contributed by atoms with Gasteiger partial charge in [-0.25, -0.2) is 0 Å². The van der Waals surface area contributed by atoms with Crippen molar-refractivity contribution in [2.75, 3.05) is 20.2 Å². The van der Waals surface area contributed by atoms with Crippen LogP contribution in [0.3, 0.4) is 0 Å². The third-order valence-electron chi connectivity index (χ3n) is 1.53. The number of ether oxygens (including phenoxy) is 1. The van der Waals surface area contributed by atoms with Gasteiger partial charge < -0.3 is 4.74 Å². The largest absolute Gasteiger partial charge is 0.364 e. The lowest BCUT2D eigenvalue weighted by molar-refractivity contribution is -0.0262. The van der Waals surface area contributed by atoms with Crippen LogP contribution in [-0.2, 0) is 4.74 Å². The topological polar surface area (TPSA) is 12.5 Å². The Morgan fingerprint density at radius 1 is 1.44 bits per heavy atom. The van der Waals surface area contributed by atoms with Crippen LogP contribution in [0.15, 0.2) is 0 Å². The summed E-state index contributed by atoms with van der Waals surface area (Å²) in [6.07, 6.45) is 0.264. The minimum absolute atomic E-state index is 0.264. The molecule has 0 fully saturated rings. The molecule has 0 saturated carbocycles. The summed E-state index contributed by atoms with van der Waals surface area (Å²) in [5.74, 6) is 0. The van der Waals surface area contributed by atoms with E-state index in [1.807, 2.05) is 6.92 Å². The zero-order valence-corrected chi connectivity index (χ0v) is 6.85. The van der Waals surface area contributed by atoms with Gasteiger partial charge in [0.05, 0.1) is 0 Å². The standard InChI is InChI=1S/C7H17NO/c1-5-8(4)7(3)9-6-2/h7H,5-6H2,1-4H3. The molecule has 0 rings (SSSR count). The van der Waals surface area contributed by atoms with E-state index in [0.717, 1.165) is 13.2 Å². The Morgan fingerprint density at radius 3 is 2.33 bits per heavy atom. The van der Waals surface area contributed by atoms with Crippen molar-refractivity contribution in [2.45, 2.75) is 27.0 Å². The second kappa shape index (κ2) is 4.77. The van der Waals surface area contributed by atoms with E-state index in [4.69, 9.17) is 4.74 Å². The fourth-order valence-electron chi connectivity index (χ4n) is 0.626. The Morgan fingerprint density at radius 2 is 2.00 bits per heavy atom. The lowest BCUT2D eigenvalue weighted by Gasteiger charge is -2.22. The maximum absolute atomic E-state index is 5.32. The molecule has 0 aliphatic carbocycles. The molecule has 56 valence electrons. The third-order valence-corrected chi connectivity index (χ3v) is 1.53. The second-order valence-electron chi connectivity index (χ2n) is 2.13. The van der Waals surface area contributed by atoms with Crippen LogP contribution in [0.4, 0.5) is 0 Å². The Labute approximate surface area is 57.8 Å². The predicted molar refractivity (Wildman–Crippen MR) is 39.4 cm³/mol. The van der Waals surface area contributed by atoms with Crippen LogP contribution in [0.5, 0.6) is 0 Å². The summed E-state index contributed by atoms with van der Waals surface area (Å²) in [6, 6.07) is 0. The van der Waals surface area contributed by atoms with Crippen molar-refractivity contribution >= 4 is 0 Å². The first-order valence-corrected chi connectivity index (χ1v) is 3.54. The molecule has 0 aromatic heterocycles. The minimum atomic E-state index is 0.264. The molecule has 0 aromatic rings. The first-order valence-electron chi connectivity index (χ1n) is 3.54. The Hall–Kier alpha value is -0.0800. The maximum Gasteiger partial charge on any atom is 0.107 e. The van der Waals surface area contributed by atoms with Gasteiger partial charge in [0, 0.05) is 6.61 Å². The fourth-order valence-corrected chi connectivity index (χ4v) is 0.626. The molecule has 0 radical (unpaired) electrons. The van der Waals surface area contributed by atoms with Gasteiger partial charge in [-0.2, -0.15) is 0 Å². The monoisotopic (exact) mass is 131 g/mol. The van der Waals surface area contributed by atoms with E-state index in [0.29, 0.717) is 0 Å². The van der Waals surface area contributed by atoms with Crippen LogP contribution in [0.1, 0.15) is 20.8 Å². The van der Waals surface area contributed by atoms with Crippen molar-refractivity contribution in [1.29, 1.82) is 0 Å². The minimum Gasteiger partial charge on any atom is -0.364 e. The highest BCUT2D eigenvalue weighted by atomic mass is 16.5. The zero-order valence-electron chi connectivity index (χ0n) is 6.85. The predicted octanol–water partition coefficient (Wildman–Crippen LogP) is 1.32. The first-order chi connectivity index (χ1) is 4.22. The molecule has 1 atom stereocenters. The lowest BCUT2D eigenvalue weighted by Crippen LogP contribution is -2.30. The van der Waals surface area contributed by atoms with E-state index in [1.54, 1.807) is 0 Å². The van der Waals surface area contributed by atoms with Gasteiger partial charge in [0.1, 0.15) is 6.23 Å². The Balaban J connectivity index is 3.32. The van der Waals surface area contributed by atoms with Crippen molar-refractivity contribution in [3.8, 4) is 0 Å². The van der Waals surface area contributed by atoms with Gasteiger partial charge in [-0.1, -0.05) is 6.92 Å². The summed E-state index contributed by atoms with van der Waals surface area (Å²) in [4.78, 5) is 2.16. The van der Waals surface area contributed by atoms with Gasteiger partial charge in [-0.15, -0.1) is 0 Å². The van der Waals surface area contributed by atoms with Crippen molar-refractivity contribution in [1.82, 2.24) is 4.90 Å². The van der Waals surface area contributed by atoms with Crippen molar-refractivity contribution in [3.63, 3.8) is 0 Å². The van der Waals surface area contributed by atoms with Crippen LogP contribution in [0.2, 0.25) is 0 Å². The van der Waals surface area contributed by atoms with Gasteiger partial charge >= 0.3 is 0 Å². The molecule has 0 aromatic carbocycles. The maximum atomic E-state index is 5.32. The molecule has 0 saturated heterocycles. The lowest BCUT2D eigenvalue weighted by atomic mass is 10.5. The molecular weight excluding hydrogens is 114 g/mol. The van der Waals surface area contributed by atoms with Crippen molar-refractivity contribution in [3.05, 3.63) is 0 Å². The van der Waals surface area contributed by atoms with Crippen LogP contribution in [0.25, 0.3) is 0 Å². The summed E-state index contributed by atoms with van der Waals surface area (Å²) >= 11 is 0. The van der Waals surface area contributed by atoms with E-state index >= 15 is 0 Å². The van der Waals surface area contributed by atoms with Crippen LogP contribution >= 0.6 is 0 Å². The quantitative estimate of drug-likeness (QED) is 0.533. The molecule has 9 heavy (non-hydrogen) atoms. The van der Waals surface area contributed by atoms with Crippen LogP contribution < -0.4 is 0 Å². The Bertz CT molecular complexity index is 65.9. The SMILES string of the molecule is CCOC(C)N(C)CC. The molecule has 0 spiro atoms. The van der Waals surface area contributed by atoms with Gasteiger partial charge in [-0.05, 0) is 27.4 Å². The average molecular weight is 131 g/mol. The summed E-state index contributed by atoms with van der Waals surface area (Å²) in [5.41, 5.74) is 0. The first kappa shape index (κ1) is 8.92. The summed E-state index contributed by atoms with van der Waals surface area (Å²) < 4.78 is 5.32. The van der Waals surface area contributed by atoms with E-state index < -0.39 is 0 Å². The third kappa shape index (κ3) is 3.49. The van der Waals surface area contributed by atoms with E-state index in [9.17, 15) is 0 Å². The second-order valence-corrected chi connectivity index (χ2v) is 2.13. The van der Waals surface area contributed by atoms with E-state index in [2.05, 4.69) is 25.8 Å². The normalized spacial score (nSPS) is 14.3. The Kier molecular flexibility index (Phi) is 4.72. The van der Waals surface area contributed by atoms with Gasteiger partial charge in [0.2, 0.25) is 0 Å². The highest BCUT2D eigenvalue weighted by Crippen LogP contribution is 1.94. The summed E-state index contributed by atoms with van der Waals surface area (Å²) in [7, 11) is 2.06. The van der Waals surface area contributed by atoms with E-state index in [-0.39, 0.29) is 6.23 Å². The molecule has 0 aliphatic heterocycles. The van der Waals surface area contributed by atoms with Gasteiger partial charge in [0.15, 0.2) is 0 Å². The molecular formula is C7H17NO. The molecule has 2 heteroatoms. The summed E-state index contributed by atoms with van der Waals surface area (Å²) in [6.45, 7) is 8.04. The average Bonchev–Trinajstić information content (AvgIpc) is 1.87. The number of hydrogen-bond donors (Lipinski definition) is 0. The molecule has 1 unspecified atom stereocenters. The molecule has 0 heterocycles. The molecule has 0 N–H and O–H groups in total. The highest BCUT2D eigenvalue weighted by Gasteiger charge is 2.03.